The van der Waals surface area contributed by atoms with Gasteiger partial charge in [-0.3, -0.25) is 0 Å². The molecule has 0 radical (unpaired) electrons. The zero-order valence-corrected chi connectivity index (χ0v) is 7.27. The van der Waals surface area contributed by atoms with Crippen LogP contribution in [0.4, 0.5) is 0 Å². The summed E-state index contributed by atoms with van der Waals surface area (Å²) in [6.07, 6.45) is 1.50. The molecule has 2 N–H and O–H groups in total. The van der Waals surface area contributed by atoms with E-state index in [1.807, 2.05) is 0 Å². The van der Waals surface area contributed by atoms with Gasteiger partial charge in [-0.25, -0.2) is 0 Å². The second kappa shape index (κ2) is 5.53. The molecule has 2 nitrogen and oxygen atoms in total. The van der Waals surface area contributed by atoms with Gasteiger partial charge in [-0.15, -0.1) is 11.6 Å². The molecule has 0 aliphatic heterocycles. The standard InChI is InChI=1S/C4H9BBrClO2/c6-3-1-2-4(7)5(8)9/h4,8-9H,1-3H2. The van der Waals surface area contributed by atoms with Crippen LogP contribution in [0.3, 0.4) is 0 Å². The Balaban J connectivity index is 3.16. The van der Waals surface area contributed by atoms with Gasteiger partial charge >= 0.3 is 7.12 Å². The van der Waals surface area contributed by atoms with Crippen molar-refractivity contribution in [1.82, 2.24) is 0 Å². The monoisotopic (exact) mass is 214 g/mol. The summed E-state index contributed by atoms with van der Waals surface area (Å²) in [7, 11) is -1.38. The molecule has 1 unspecified atom stereocenters. The Morgan fingerprint density at radius 2 is 2.11 bits per heavy atom. The number of rotatable bonds is 4. The van der Waals surface area contributed by atoms with Gasteiger partial charge in [-0.1, -0.05) is 15.9 Å². The molecule has 9 heavy (non-hydrogen) atoms. The van der Waals surface area contributed by atoms with Crippen molar-refractivity contribution in [2.24, 2.45) is 0 Å². The van der Waals surface area contributed by atoms with Crippen LogP contribution in [-0.2, 0) is 0 Å². The molecule has 0 rings (SSSR count). The predicted molar refractivity (Wildman–Crippen MR) is 42.9 cm³/mol. The Morgan fingerprint density at radius 1 is 1.56 bits per heavy atom. The number of alkyl halides is 2. The maximum absolute atomic E-state index is 8.46. The molecule has 0 aromatic rings. The summed E-state index contributed by atoms with van der Waals surface area (Å²) >= 11 is 8.68. The van der Waals surface area contributed by atoms with Crippen molar-refractivity contribution in [3.8, 4) is 0 Å². The maximum atomic E-state index is 8.46. The van der Waals surface area contributed by atoms with Crippen LogP contribution in [0.5, 0.6) is 0 Å². The molecule has 0 fully saturated rings. The van der Waals surface area contributed by atoms with E-state index in [1.165, 1.54) is 0 Å². The minimum Gasteiger partial charge on any atom is -0.426 e. The molecule has 0 heterocycles. The molecular weight excluding hydrogens is 206 g/mol. The van der Waals surface area contributed by atoms with Crippen molar-refractivity contribution in [2.75, 3.05) is 5.33 Å². The zero-order valence-electron chi connectivity index (χ0n) is 4.93. The Kier molecular flexibility index (Phi) is 6.00. The average molecular weight is 215 g/mol. The minimum atomic E-state index is -1.38. The highest BCUT2D eigenvalue weighted by Crippen LogP contribution is 2.07. The largest absolute Gasteiger partial charge is 0.470 e. The van der Waals surface area contributed by atoms with Crippen LogP contribution in [0, 0.1) is 0 Å². The first-order valence-corrected chi connectivity index (χ1v) is 4.30. The van der Waals surface area contributed by atoms with Crippen LogP contribution < -0.4 is 0 Å². The summed E-state index contributed by atoms with van der Waals surface area (Å²) in [4.78, 5) is 0. The Bertz CT molecular complexity index is 73.6. The van der Waals surface area contributed by atoms with Crippen molar-refractivity contribution in [3.05, 3.63) is 0 Å². The highest BCUT2D eigenvalue weighted by Gasteiger charge is 2.18. The van der Waals surface area contributed by atoms with Gasteiger partial charge in [0, 0.05) is 5.33 Å². The molecule has 5 heteroatoms. The van der Waals surface area contributed by atoms with Crippen LogP contribution >= 0.6 is 27.5 Å². The van der Waals surface area contributed by atoms with Crippen LogP contribution in [0.15, 0.2) is 0 Å². The molecule has 0 bridgehead atoms. The number of halogens is 2. The fourth-order valence-corrected chi connectivity index (χ4v) is 0.899. The topological polar surface area (TPSA) is 40.5 Å². The first kappa shape index (κ1) is 9.75. The zero-order chi connectivity index (χ0) is 7.28. The van der Waals surface area contributed by atoms with E-state index in [0.717, 1.165) is 11.8 Å². The first-order valence-electron chi connectivity index (χ1n) is 2.74. The lowest BCUT2D eigenvalue weighted by Gasteiger charge is -2.04. The molecule has 0 aliphatic rings. The second-order valence-corrected chi connectivity index (χ2v) is 3.11. The fourth-order valence-electron chi connectivity index (χ4n) is 0.421. The van der Waals surface area contributed by atoms with Crippen LogP contribution in [0.2, 0.25) is 0 Å². The molecule has 0 aliphatic carbocycles. The van der Waals surface area contributed by atoms with E-state index in [2.05, 4.69) is 15.9 Å². The Hall–Kier alpha value is 0.755. The third-order valence-corrected chi connectivity index (χ3v) is 1.94. The minimum absolute atomic E-state index is 0.525. The summed E-state index contributed by atoms with van der Waals surface area (Å²) in [5.41, 5.74) is 0. The van der Waals surface area contributed by atoms with Gasteiger partial charge < -0.3 is 10.0 Å². The molecule has 0 saturated heterocycles. The van der Waals surface area contributed by atoms with Crippen LogP contribution in [0.1, 0.15) is 12.8 Å². The third-order valence-electron chi connectivity index (χ3n) is 0.937. The number of hydrogen-bond acceptors (Lipinski definition) is 2. The normalized spacial score (nSPS) is 13.3. The van der Waals surface area contributed by atoms with Gasteiger partial charge in [0.05, 0.1) is 5.28 Å². The summed E-state index contributed by atoms with van der Waals surface area (Å²) < 4.78 is 0. The second-order valence-electron chi connectivity index (χ2n) is 1.76. The van der Waals surface area contributed by atoms with E-state index in [1.54, 1.807) is 0 Å². The third kappa shape index (κ3) is 5.21. The Labute approximate surface area is 68.5 Å². The fraction of sp³-hybridized carbons (Fsp3) is 1.00. The summed E-state index contributed by atoms with van der Waals surface area (Å²) in [6, 6.07) is 0. The smallest absolute Gasteiger partial charge is 0.426 e. The average Bonchev–Trinajstić information content (AvgIpc) is 1.82. The quantitative estimate of drug-likeness (QED) is 0.537. The van der Waals surface area contributed by atoms with Crippen molar-refractivity contribution < 1.29 is 10.0 Å². The van der Waals surface area contributed by atoms with Crippen molar-refractivity contribution in [3.63, 3.8) is 0 Å². The van der Waals surface area contributed by atoms with Gasteiger partial charge in [-0.05, 0) is 12.8 Å². The molecule has 1 atom stereocenters. The van der Waals surface area contributed by atoms with E-state index < -0.39 is 12.4 Å². The highest BCUT2D eigenvalue weighted by molar-refractivity contribution is 9.09. The van der Waals surface area contributed by atoms with Gasteiger partial charge in [0.25, 0.3) is 0 Å². The molecular formula is C4H9BBrClO2. The van der Waals surface area contributed by atoms with Gasteiger partial charge in [-0.2, -0.15) is 0 Å². The molecule has 0 amide bonds. The van der Waals surface area contributed by atoms with Crippen molar-refractivity contribution in [1.29, 1.82) is 0 Å². The van der Waals surface area contributed by atoms with E-state index in [-0.39, 0.29) is 0 Å². The lowest BCUT2D eigenvalue weighted by Crippen LogP contribution is -2.25. The van der Waals surface area contributed by atoms with Crippen molar-refractivity contribution >= 4 is 34.6 Å². The number of hydrogen-bond donors (Lipinski definition) is 2. The lowest BCUT2D eigenvalue weighted by molar-refractivity contribution is 0.398. The van der Waals surface area contributed by atoms with Crippen LogP contribution in [-0.4, -0.2) is 27.8 Å². The van der Waals surface area contributed by atoms with E-state index in [4.69, 9.17) is 21.6 Å². The van der Waals surface area contributed by atoms with Crippen LogP contribution in [0.25, 0.3) is 0 Å². The summed E-state index contributed by atoms with van der Waals surface area (Å²) in [5, 5.41) is 17.2. The van der Waals surface area contributed by atoms with E-state index in [9.17, 15) is 0 Å². The highest BCUT2D eigenvalue weighted by atomic mass is 79.9. The molecule has 0 aromatic carbocycles. The SMILES string of the molecule is OB(O)C(Cl)CCCBr. The summed E-state index contributed by atoms with van der Waals surface area (Å²) in [6.45, 7) is 0. The summed E-state index contributed by atoms with van der Waals surface area (Å²) in [5.74, 6) is 0. The molecule has 0 spiro atoms. The van der Waals surface area contributed by atoms with Gasteiger partial charge in [0.1, 0.15) is 0 Å². The van der Waals surface area contributed by atoms with E-state index in [0.29, 0.717) is 6.42 Å². The molecule has 0 saturated carbocycles. The van der Waals surface area contributed by atoms with Gasteiger partial charge in [0.2, 0.25) is 0 Å². The lowest BCUT2D eigenvalue weighted by atomic mass is 9.83. The maximum Gasteiger partial charge on any atom is 0.470 e. The molecule has 0 aromatic heterocycles. The van der Waals surface area contributed by atoms with Crippen molar-refractivity contribution in [2.45, 2.75) is 18.1 Å². The first-order chi connectivity index (χ1) is 4.18. The predicted octanol–water partition coefficient (Wildman–Crippen LogP) is 0.781. The Morgan fingerprint density at radius 3 is 2.44 bits per heavy atom. The van der Waals surface area contributed by atoms with Gasteiger partial charge in [0.15, 0.2) is 0 Å². The van der Waals surface area contributed by atoms with E-state index >= 15 is 0 Å². The molecule has 54 valence electrons.